The lowest BCUT2D eigenvalue weighted by atomic mass is 10.2. The Balaban J connectivity index is 1.77. The summed E-state index contributed by atoms with van der Waals surface area (Å²) < 4.78 is 10.7. The number of thioether (sulfide) groups is 1. The van der Waals surface area contributed by atoms with Gasteiger partial charge in [0.1, 0.15) is 5.76 Å². The second kappa shape index (κ2) is 5.03. The van der Waals surface area contributed by atoms with Crippen molar-refractivity contribution >= 4 is 11.8 Å². The first-order valence-electron chi connectivity index (χ1n) is 5.38. The Hall–Kier alpha value is -0.480. The summed E-state index contributed by atoms with van der Waals surface area (Å²) in [5.74, 6) is 3.03. The summed E-state index contributed by atoms with van der Waals surface area (Å²) in [6.45, 7) is 4.91. The fourth-order valence-electron chi connectivity index (χ4n) is 1.78. The van der Waals surface area contributed by atoms with Crippen LogP contribution in [0.4, 0.5) is 0 Å². The third-order valence-electron chi connectivity index (χ3n) is 2.76. The van der Waals surface area contributed by atoms with Crippen molar-refractivity contribution in [1.29, 1.82) is 0 Å². The smallest absolute Gasteiger partial charge is 0.137 e. The first kappa shape index (κ1) is 11.0. The number of ether oxygens (including phenoxy) is 1. The number of hydrogen-bond donors (Lipinski definition) is 0. The van der Waals surface area contributed by atoms with E-state index in [0.29, 0.717) is 6.10 Å². The van der Waals surface area contributed by atoms with Crippen molar-refractivity contribution in [3.05, 3.63) is 17.0 Å². The molecule has 15 heavy (non-hydrogen) atoms. The van der Waals surface area contributed by atoms with Crippen molar-refractivity contribution in [3.8, 4) is 0 Å². The molecule has 1 unspecified atom stereocenters. The Morgan fingerprint density at radius 3 is 2.93 bits per heavy atom. The van der Waals surface area contributed by atoms with Gasteiger partial charge in [-0.25, -0.2) is 0 Å². The van der Waals surface area contributed by atoms with Gasteiger partial charge in [-0.3, -0.25) is 0 Å². The molecule has 1 saturated heterocycles. The van der Waals surface area contributed by atoms with E-state index in [-0.39, 0.29) is 0 Å². The number of rotatable bonds is 4. The molecule has 1 aliphatic heterocycles. The van der Waals surface area contributed by atoms with Crippen molar-refractivity contribution in [2.45, 2.75) is 38.5 Å². The molecule has 1 aromatic rings. The maximum absolute atomic E-state index is 5.57. The summed E-state index contributed by atoms with van der Waals surface area (Å²) >= 11 is 1.91. The van der Waals surface area contributed by atoms with Gasteiger partial charge in [-0.2, -0.15) is 11.8 Å². The van der Waals surface area contributed by atoms with Gasteiger partial charge >= 0.3 is 0 Å². The molecular weight excluding hydrogens is 210 g/mol. The number of aryl methyl sites for hydroxylation is 2. The van der Waals surface area contributed by atoms with Crippen LogP contribution in [-0.2, 0) is 10.5 Å². The van der Waals surface area contributed by atoms with Crippen LogP contribution in [0.5, 0.6) is 0 Å². The van der Waals surface area contributed by atoms with Crippen LogP contribution in [0.25, 0.3) is 0 Å². The van der Waals surface area contributed by atoms with E-state index in [9.17, 15) is 0 Å². The summed E-state index contributed by atoms with van der Waals surface area (Å²) in [4.78, 5) is 0. The van der Waals surface area contributed by atoms with Crippen LogP contribution in [0, 0.1) is 13.8 Å². The largest absolute Gasteiger partial charge is 0.377 e. The van der Waals surface area contributed by atoms with Crippen LogP contribution < -0.4 is 0 Å². The molecule has 0 radical (unpaired) electrons. The minimum atomic E-state index is 0.468. The van der Waals surface area contributed by atoms with Crippen molar-refractivity contribution in [2.24, 2.45) is 0 Å². The van der Waals surface area contributed by atoms with Gasteiger partial charge in [-0.1, -0.05) is 5.16 Å². The predicted molar refractivity (Wildman–Crippen MR) is 61.1 cm³/mol. The second-order valence-corrected chi connectivity index (χ2v) is 4.98. The lowest BCUT2D eigenvalue weighted by molar-refractivity contribution is 0.129. The summed E-state index contributed by atoms with van der Waals surface area (Å²) in [6.07, 6.45) is 2.90. The average Bonchev–Trinajstić information content (AvgIpc) is 2.82. The van der Waals surface area contributed by atoms with Crippen LogP contribution in [0.2, 0.25) is 0 Å². The second-order valence-electron chi connectivity index (χ2n) is 3.95. The monoisotopic (exact) mass is 227 g/mol. The molecule has 0 N–H and O–H groups in total. The molecule has 1 atom stereocenters. The summed E-state index contributed by atoms with van der Waals surface area (Å²) in [5.41, 5.74) is 2.27. The minimum absolute atomic E-state index is 0.468. The van der Waals surface area contributed by atoms with E-state index in [0.717, 1.165) is 29.6 Å². The number of nitrogens with zero attached hydrogens (tertiary/aromatic N) is 1. The molecule has 4 heteroatoms. The summed E-state index contributed by atoms with van der Waals surface area (Å²) in [5, 5.41) is 3.95. The van der Waals surface area contributed by atoms with Crippen LogP contribution in [-0.4, -0.2) is 23.6 Å². The molecular formula is C11H17NO2S. The Kier molecular flexibility index (Phi) is 3.70. The maximum atomic E-state index is 5.57. The highest BCUT2D eigenvalue weighted by atomic mass is 32.2. The molecule has 0 bridgehead atoms. The molecule has 1 aliphatic rings. The van der Waals surface area contributed by atoms with E-state index in [4.69, 9.17) is 9.26 Å². The number of aromatic nitrogens is 1. The highest BCUT2D eigenvalue weighted by molar-refractivity contribution is 7.98. The van der Waals surface area contributed by atoms with E-state index in [1.54, 1.807) is 0 Å². The fourth-order valence-corrected chi connectivity index (χ4v) is 3.04. The fraction of sp³-hybridized carbons (Fsp3) is 0.727. The Bertz CT molecular complexity index is 299. The van der Waals surface area contributed by atoms with Crippen LogP contribution in [0.1, 0.15) is 29.9 Å². The number of hydrogen-bond acceptors (Lipinski definition) is 4. The molecule has 1 aromatic heterocycles. The predicted octanol–water partition coefficient (Wildman–Crippen LogP) is 2.70. The normalized spacial score (nSPS) is 21.1. The molecule has 2 heterocycles. The molecule has 0 aromatic carbocycles. The van der Waals surface area contributed by atoms with Gasteiger partial charge in [0.15, 0.2) is 0 Å². The first-order chi connectivity index (χ1) is 7.27. The average molecular weight is 227 g/mol. The summed E-state index contributed by atoms with van der Waals surface area (Å²) in [7, 11) is 0. The van der Waals surface area contributed by atoms with Crippen molar-refractivity contribution in [3.63, 3.8) is 0 Å². The third kappa shape index (κ3) is 2.75. The summed E-state index contributed by atoms with van der Waals surface area (Å²) in [6, 6.07) is 0. The molecule has 0 aliphatic carbocycles. The van der Waals surface area contributed by atoms with E-state index >= 15 is 0 Å². The SMILES string of the molecule is Cc1noc(C)c1CSCC1CCCO1. The van der Waals surface area contributed by atoms with Crippen molar-refractivity contribution in [1.82, 2.24) is 5.16 Å². The van der Waals surface area contributed by atoms with E-state index in [1.807, 2.05) is 25.6 Å². The molecule has 0 amide bonds. The third-order valence-corrected chi connectivity index (χ3v) is 3.86. The van der Waals surface area contributed by atoms with Gasteiger partial charge in [0.05, 0.1) is 11.8 Å². The quantitative estimate of drug-likeness (QED) is 0.792. The highest BCUT2D eigenvalue weighted by Gasteiger charge is 2.16. The van der Waals surface area contributed by atoms with Gasteiger partial charge in [0.2, 0.25) is 0 Å². The molecule has 2 rings (SSSR count). The van der Waals surface area contributed by atoms with Crippen molar-refractivity contribution < 1.29 is 9.26 Å². The van der Waals surface area contributed by atoms with Gasteiger partial charge in [-0.05, 0) is 26.7 Å². The van der Waals surface area contributed by atoms with E-state index in [1.165, 1.54) is 18.4 Å². The first-order valence-corrected chi connectivity index (χ1v) is 6.54. The zero-order valence-electron chi connectivity index (χ0n) is 9.28. The van der Waals surface area contributed by atoms with Gasteiger partial charge in [0.25, 0.3) is 0 Å². The van der Waals surface area contributed by atoms with E-state index in [2.05, 4.69) is 5.16 Å². The van der Waals surface area contributed by atoms with E-state index < -0.39 is 0 Å². The Morgan fingerprint density at radius 2 is 2.33 bits per heavy atom. The zero-order valence-corrected chi connectivity index (χ0v) is 10.1. The zero-order chi connectivity index (χ0) is 10.7. The van der Waals surface area contributed by atoms with Crippen molar-refractivity contribution in [2.75, 3.05) is 12.4 Å². The topological polar surface area (TPSA) is 35.3 Å². The molecule has 0 spiro atoms. The van der Waals surface area contributed by atoms with Crippen LogP contribution in [0.15, 0.2) is 4.52 Å². The lowest BCUT2D eigenvalue weighted by Crippen LogP contribution is -2.08. The maximum Gasteiger partial charge on any atom is 0.137 e. The van der Waals surface area contributed by atoms with Crippen LogP contribution >= 0.6 is 11.8 Å². The lowest BCUT2D eigenvalue weighted by Gasteiger charge is -2.07. The molecule has 84 valence electrons. The van der Waals surface area contributed by atoms with Gasteiger partial charge in [-0.15, -0.1) is 0 Å². The Labute approximate surface area is 94.5 Å². The molecule has 3 nitrogen and oxygen atoms in total. The van der Waals surface area contributed by atoms with Gasteiger partial charge in [0, 0.05) is 23.7 Å². The molecule has 1 fully saturated rings. The standard InChI is InChI=1S/C11H17NO2S/c1-8-11(9(2)14-12-8)7-15-6-10-4-3-5-13-10/h10H,3-7H2,1-2H3. The Morgan fingerprint density at radius 1 is 1.47 bits per heavy atom. The van der Waals surface area contributed by atoms with Crippen LogP contribution in [0.3, 0.4) is 0 Å². The minimum Gasteiger partial charge on any atom is -0.377 e. The van der Waals surface area contributed by atoms with Gasteiger partial charge < -0.3 is 9.26 Å². The highest BCUT2D eigenvalue weighted by Crippen LogP contribution is 2.23. The molecule has 0 saturated carbocycles.